The molecule has 0 saturated carbocycles. The lowest BCUT2D eigenvalue weighted by molar-refractivity contribution is -0.128. The first-order valence-electron chi connectivity index (χ1n) is 6.08. The zero-order valence-corrected chi connectivity index (χ0v) is 10.7. The smallest absolute Gasteiger partial charge is 0.271 e. The SMILES string of the molecule is CNc1ccc2c(c1)N(C(=O)CCCO)C(=O)CO2. The van der Waals surface area contributed by atoms with Gasteiger partial charge in [0, 0.05) is 25.8 Å². The largest absolute Gasteiger partial charge is 0.482 e. The van der Waals surface area contributed by atoms with E-state index in [9.17, 15) is 9.59 Å². The third-order valence-corrected chi connectivity index (χ3v) is 2.89. The Morgan fingerprint density at radius 2 is 2.32 bits per heavy atom. The van der Waals surface area contributed by atoms with E-state index >= 15 is 0 Å². The number of carbonyl (C=O) groups is 2. The number of ether oxygens (including phenoxy) is 1. The standard InChI is InChI=1S/C13H16N2O4/c1-14-9-4-5-11-10(7-9)15(13(18)8-19-11)12(17)3-2-6-16/h4-5,7,14,16H,2-3,6,8H2,1H3. The zero-order valence-electron chi connectivity index (χ0n) is 10.7. The van der Waals surface area contributed by atoms with Crippen molar-refractivity contribution < 1.29 is 19.4 Å². The second kappa shape index (κ2) is 5.71. The molecule has 1 aliphatic rings. The van der Waals surface area contributed by atoms with Crippen molar-refractivity contribution >= 4 is 23.2 Å². The molecule has 1 aromatic carbocycles. The fourth-order valence-electron chi connectivity index (χ4n) is 1.92. The van der Waals surface area contributed by atoms with Gasteiger partial charge in [0.1, 0.15) is 5.75 Å². The molecule has 6 nitrogen and oxygen atoms in total. The summed E-state index contributed by atoms with van der Waals surface area (Å²) in [4.78, 5) is 25.0. The van der Waals surface area contributed by atoms with Crippen LogP contribution in [0.2, 0.25) is 0 Å². The summed E-state index contributed by atoms with van der Waals surface area (Å²) in [6.45, 7) is -0.218. The maximum absolute atomic E-state index is 12.0. The van der Waals surface area contributed by atoms with Crippen LogP contribution in [0, 0.1) is 0 Å². The number of hydrogen-bond acceptors (Lipinski definition) is 5. The van der Waals surface area contributed by atoms with Gasteiger partial charge in [0.15, 0.2) is 6.61 Å². The second-order valence-electron chi connectivity index (χ2n) is 4.17. The van der Waals surface area contributed by atoms with E-state index in [1.165, 1.54) is 0 Å². The van der Waals surface area contributed by atoms with E-state index in [2.05, 4.69) is 5.32 Å². The molecule has 0 aromatic heterocycles. The molecular formula is C13H16N2O4. The molecule has 102 valence electrons. The molecule has 2 N–H and O–H groups in total. The van der Waals surface area contributed by atoms with Crippen molar-refractivity contribution in [3.63, 3.8) is 0 Å². The quantitative estimate of drug-likeness (QED) is 0.839. The number of hydrogen-bond donors (Lipinski definition) is 2. The van der Waals surface area contributed by atoms with Crippen molar-refractivity contribution in [1.29, 1.82) is 0 Å². The van der Waals surface area contributed by atoms with Gasteiger partial charge in [-0.15, -0.1) is 0 Å². The maximum atomic E-state index is 12.0. The first-order valence-corrected chi connectivity index (χ1v) is 6.08. The number of anilines is 2. The fourth-order valence-corrected chi connectivity index (χ4v) is 1.92. The van der Waals surface area contributed by atoms with Crippen LogP contribution in [0.25, 0.3) is 0 Å². The maximum Gasteiger partial charge on any atom is 0.271 e. The highest BCUT2D eigenvalue weighted by atomic mass is 16.5. The number of aliphatic hydroxyl groups is 1. The van der Waals surface area contributed by atoms with E-state index in [1.807, 2.05) is 6.07 Å². The minimum absolute atomic E-state index is 0.0757. The van der Waals surface area contributed by atoms with Crippen molar-refractivity contribution in [1.82, 2.24) is 0 Å². The Morgan fingerprint density at radius 3 is 3.00 bits per heavy atom. The summed E-state index contributed by atoms with van der Waals surface area (Å²) in [6.07, 6.45) is 0.468. The van der Waals surface area contributed by atoms with E-state index in [1.54, 1.807) is 19.2 Å². The third kappa shape index (κ3) is 2.68. The fraction of sp³-hybridized carbons (Fsp3) is 0.385. The lowest BCUT2D eigenvalue weighted by Crippen LogP contribution is -2.43. The van der Waals surface area contributed by atoms with Crippen molar-refractivity contribution in [2.24, 2.45) is 0 Å². The van der Waals surface area contributed by atoms with Gasteiger partial charge in [0.2, 0.25) is 5.91 Å². The topological polar surface area (TPSA) is 78.9 Å². The number of nitrogens with zero attached hydrogens (tertiary/aromatic N) is 1. The average molecular weight is 264 g/mol. The van der Waals surface area contributed by atoms with Gasteiger partial charge in [0.25, 0.3) is 5.91 Å². The van der Waals surface area contributed by atoms with Gasteiger partial charge in [-0.3, -0.25) is 9.59 Å². The molecule has 0 unspecified atom stereocenters. The number of aliphatic hydroxyl groups excluding tert-OH is 1. The molecule has 0 aliphatic carbocycles. The Morgan fingerprint density at radius 1 is 1.53 bits per heavy atom. The van der Waals surface area contributed by atoms with Crippen LogP contribution in [0.15, 0.2) is 18.2 Å². The van der Waals surface area contributed by atoms with Crippen molar-refractivity contribution in [3.05, 3.63) is 18.2 Å². The summed E-state index contributed by atoms with van der Waals surface area (Å²) in [5.41, 5.74) is 1.24. The molecule has 0 bridgehead atoms. The number of carbonyl (C=O) groups excluding carboxylic acids is 2. The van der Waals surface area contributed by atoms with Gasteiger partial charge >= 0.3 is 0 Å². The predicted molar refractivity (Wildman–Crippen MR) is 70.3 cm³/mol. The van der Waals surface area contributed by atoms with E-state index < -0.39 is 0 Å². The molecule has 0 radical (unpaired) electrons. The van der Waals surface area contributed by atoms with Crippen molar-refractivity contribution in [3.8, 4) is 5.75 Å². The van der Waals surface area contributed by atoms with Crippen LogP contribution in [0.3, 0.4) is 0 Å². The van der Waals surface area contributed by atoms with Crippen molar-refractivity contribution in [2.75, 3.05) is 30.5 Å². The summed E-state index contributed by atoms with van der Waals surface area (Å²) >= 11 is 0. The predicted octanol–water partition coefficient (Wildman–Crippen LogP) is 0.753. The molecule has 0 atom stereocenters. The second-order valence-corrected chi connectivity index (χ2v) is 4.17. The van der Waals surface area contributed by atoms with Crippen LogP contribution in [0.5, 0.6) is 5.75 Å². The Labute approximate surface area is 111 Å². The molecule has 1 aliphatic heterocycles. The van der Waals surface area contributed by atoms with Crippen LogP contribution in [-0.4, -0.2) is 37.2 Å². The lowest BCUT2D eigenvalue weighted by Gasteiger charge is -2.28. The van der Waals surface area contributed by atoms with Crippen molar-refractivity contribution in [2.45, 2.75) is 12.8 Å². The van der Waals surface area contributed by atoms with E-state index in [0.717, 1.165) is 10.6 Å². The van der Waals surface area contributed by atoms with Gasteiger partial charge in [-0.2, -0.15) is 0 Å². The molecular weight excluding hydrogens is 248 g/mol. The number of benzene rings is 1. The monoisotopic (exact) mass is 264 g/mol. The number of fused-ring (bicyclic) bond motifs is 1. The van der Waals surface area contributed by atoms with E-state index in [-0.39, 0.29) is 31.4 Å². The average Bonchev–Trinajstić information content (AvgIpc) is 2.43. The van der Waals surface area contributed by atoms with Gasteiger partial charge in [-0.25, -0.2) is 4.90 Å². The molecule has 19 heavy (non-hydrogen) atoms. The van der Waals surface area contributed by atoms with Gasteiger partial charge < -0.3 is 15.2 Å². The number of rotatable bonds is 4. The molecule has 2 rings (SSSR count). The summed E-state index contributed by atoms with van der Waals surface area (Å²) < 4.78 is 5.30. The minimum atomic E-state index is -0.385. The van der Waals surface area contributed by atoms with Crippen LogP contribution in [0.1, 0.15) is 12.8 Å². The molecule has 0 fully saturated rings. The van der Waals surface area contributed by atoms with Crippen LogP contribution < -0.4 is 15.0 Å². The Kier molecular flexibility index (Phi) is 4.01. The number of nitrogens with one attached hydrogen (secondary N) is 1. The molecule has 1 aromatic rings. The minimum Gasteiger partial charge on any atom is -0.482 e. The molecule has 6 heteroatoms. The Bertz CT molecular complexity index is 501. The molecule has 2 amide bonds. The molecule has 0 spiro atoms. The first-order chi connectivity index (χ1) is 9.17. The molecule has 1 heterocycles. The van der Waals surface area contributed by atoms with E-state index in [0.29, 0.717) is 17.9 Å². The normalized spacial score (nSPS) is 13.8. The molecule has 0 saturated heterocycles. The number of amides is 2. The number of imide groups is 1. The van der Waals surface area contributed by atoms with Gasteiger partial charge in [-0.05, 0) is 24.6 Å². The van der Waals surface area contributed by atoms with Gasteiger partial charge in [-0.1, -0.05) is 0 Å². The Balaban J connectivity index is 2.33. The lowest BCUT2D eigenvalue weighted by atomic mass is 10.2. The van der Waals surface area contributed by atoms with Crippen LogP contribution in [-0.2, 0) is 9.59 Å². The summed E-state index contributed by atoms with van der Waals surface area (Å²) in [5, 5.41) is 11.7. The highest BCUT2D eigenvalue weighted by molar-refractivity contribution is 6.17. The summed E-state index contributed by atoms with van der Waals surface area (Å²) in [5.74, 6) is -0.198. The highest BCUT2D eigenvalue weighted by Crippen LogP contribution is 2.34. The zero-order chi connectivity index (χ0) is 13.8. The van der Waals surface area contributed by atoms with Crippen LogP contribution >= 0.6 is 0 Å². The third-order valence-electron chi connectivity index (χ3n) is 2.89. The summed E-state index contributed by atoms with van der Waals surface area (Å²) in [6, 6.07) is 5.23. The Hall–Kier alpha value is -2.08. The summed E-state index contributed by atoms with van der Waals surface area (Å²) in [7, 11) is 1.76. The highest BCUT2D eigenvalue weighted by Gasteiger charge is 2.30. The van der Waals surface area contributed by atoms with Crippen LogP contribution in [0.4, 0.5) is 11.4 Å². The first kappa shape index (κ1) is 13.4. The van der Waals surface area contributed by atoms with Gasteiger partial charge in [0.05, 0.1) is 5.69 Å². The van der Waals surface area contributed by atoms with E-state index in [4.69, 9.17) is 9.84 Å².